The van der Waals surface area contributed by atoms with Gasteiger partial charge in [-0.05, 0) is 24.5 Å². The number of likely N-dealkylation sites (tertiary alicyclic amines) is 1. The van der Waals surface area contributed by atoms with Crippen LogP contribution in [0.1, 0.15) is 37.8 Å². The molecule has 2 atom stereocenters. The van der Waals surface area contributed by atoms with Crippen LogP contribution in [0.3, 0.4) is 0 Å². The zero-order valence-corrected chi connectivity index (χ0v) is 18.4. The number of carboxylic acids is 2. The predicted molar refractivity (Wildman–Crippen MR) is 113 cm³/mol. The molecule has 2 aliphatic rings. The molecule has 0 bridgehead atoms. The fourth-order valence-corrected chi connectivity index (χ4v) is 4.84. The minimum atomic E-state index is -4.56. The lowest BCUT2D eigenvalue weighted by Crippen LogP contribution is -2.62. The van der Waals surface area contributed by atoms with Gasteiger partial charge in [-0.1, -0.05) is 50.3 Å². The molecule has 178 valence electrons. The van der Waals surface area contributed by atoms with E-state index in [2.05, 4.69) is 0 Å². The van der Waals surface area contributed by atoms with E-state index in [0.29, 0.717) is 0 Å². The fourth-order valence-electron chi connectivity index (χ4n) is 4.84. The van der Waals surface area contributed by atoms with Crippen LogP contribution in [-0.4, -0.2) is 51.5 Å². The number of halogens is 3. The van der Waals surface area contributed by atoms with Gasteiger partial charge in [0.25, 0.3) is 0 Å². The van der Waals surface area contributed by atoms with Crippen molar-refractivity contribution in [2.45, 2.75) is 44.8 Å². The van der Waals surface area contributed by atoms with Crippen LogP contribution >= 0.6 is 0 Å². The Kier molecular flexibility index (Phi) is 6.57. The highest BCUT2D eigenvalue weighted by Gasteiger charge is 2.52. The summed E-state index contributed by atoms with van der Waals surface area (Å²) in [7, 11) is 0. The smallest absolute Gasteiger partial charge is 0.416 e. The van der Waals surface area contributed by atoms with E-state index >= 15 is 0 Å². The number of hydrogen-bond donors (Lipinski definition) is 2. The topological polar surface area (TPSA) is 94.9 Å². The third kappa shape index (κ3) is 4.46. The molecule has 1 heterocycles. The van der Waals surface area contributed by atoms with Gasteiger partial charge in [0.15, 0.2) is 0 Å². The molecule has 1 aliphatic heterocycles. The van der Waals surface area contributed by atoms with E-state index in [4.69, 9.17) is 0 Å². The van der Waals surface area contributed by atoms with Crippen molar-refractivity contribution in [3.05, 3.63) is 59.2 Å². The molecule has 1 saturated heterocycles. The Morgan fingerprint density at radius 1 is 1.12 bits per heavy atom. The lowest BCUT2D eigenvalue weighted by molar-refractivity contribution is -0.153. The molecule has 0 saturated carbocycles. The molecule has 33 heavy (non-hydrogen) atoms. The number of ketones is 1. The summed E-state index contributed by atoms with van der Waals surface area (Å²) in [5.74, 6) is -3.55. The number of Topliss-reactive ketones (excluding diaryl/α,β-unsaturated/α-hetero) is 1. The maximum atomic E-state index is 13.3. The van der Waals surface area contributed by atoms with Crippen molar-refractivity contribution >= 4 is 17.7 Å². The van der Waals surface area contributed by atoms with E-state index in [1.807, 2.05) is 0 Å². The van der Waals surface area contributed by atoms with Crippen molar-refractivity contribution in [1.82, 2.24) is 4.90 Å². The lowest BCUT2D eigenvalue weighted by Gasteiger charge is -2.49. The van der Waals surface area contributed by atoms with Gasteiger partial charge in [-0.3, -0.25) is 9.69 Å². The summed E-state index contributed by atoms with van der Waals surface area (Å²) in [6, 6.07) is 4.99. The SMILES string of the molecule is CC1C(C(=O)O)=CC=CC1(C(=O)O)N1CCC(C)(C(=O)Cc2ccccc2C(F)(F)F)CC1. The van der Waals surface area contributed by atoms with Crippen molar-refractivity contribution < 1.29 is 37.8 Å². The number of aliphatic carboxylic acids is 2. The molecule has 0 amide bonds. The third-order valence-electron chi connectivity index (χ3n) is 7.08. The van der Waals surface area contributed by atoms with Crippen LogP contribution in [-0.2, 0) is 27.0 Å². The average molecular weight is 465 g/mol. The molecule has 0 aromatic heterocycles. The summed E-state index contributed by atoms with van der Waals surface area (Å²) in [6.45, 7) is 3.62. The second kappa shape index (κ2) is 8.78. The minimum absolute atomic E-state index is 0.0203. The molecule has 0 spiro atoms. The van der Waals surface area contributed by atoms with Crippen LogP contribution in [0.5, 0.6) is 0 Å². The molecular weight excluding hydrogens is 439 g/mol. The number of benzene rings is 1. The number of rotatable bonds is 6. The first-order valence-corrected chi connectivity index (χ1v) is 10.6. The first-order chi connectivity index (χ1) is 15.3. The maximum Gasteiger partial charge on any atom is 0.416 e. The van der Waals surface area contributed by atoms with Gasteiger partial charge in [0.05, 0.1) is 5.56 Å². The number of nitrogens with zero attached hydrogens (tertiary/aromatic N) is 1. The summed E-state index contributed by atoms with van der Waals surface area (Å²) >= 11 is 0. The molecule has 3 rings (SSSR count). The maximum absolute atomic E-state index is 13.3. The monoisotopic (exact) mass is 465 g/mol. The molecule has 2 N–H and O–H groups in total. The Hall–Kier alpha value is -2.94. The van der Waals surface area contributed by atoms with Crippen LogP contribution < -0.4 is 0 Å². The molecular formula is C24H26F3NO5. The fraction of sp³-hybridized carbons (Fsp3) is 0.458. The zero-order chi connectivity index (χ0) is 24.6. The summed E-state index contributed by atoms with van der Waals surface area (Å²) in [4.78, 5) is 38.6. The third-order valence-corrected chi connectivity index (χ3v) is 7.08. The Morgan fingerprint density at radius 3 is 2.27 bits per heavy atom. The van der Waals surface area contributed by atoms with Gasteiger partial charge in [0.1, 0.15) is 11.3 Å². The van der Waals surface area contributed by atoms with Gasteiger partial charge in [0, 0.05) is 36.4 Å². The van der Waals surface area contributed by atoms with E-state index in [1.54, 1.807) is 18.7 Å². The second-order valence-corrected chi connectivity index (χ2v) is 8.94. The van der Waals surface area contributed by atoms with Gasteiger partial charge in [0.2, 0.25) is 0 Å². The number of piperidine rings is 1. The standard InChI is InChI=1S/C24H26F3NO5/c1-15-17(20(30)31)7-5-9-23(15,21(32)33)28-12-10-22(2,11-13-28)19(29)14-16-6-3-4-8-18(16)24(25,26)27/h3-9,15H,10-14H2,1-2H3,(H,30,31)(H,32,33). The van der Waals surface area contributed by atoms with Crippen molar-refractivity contribution in [2.75, 3.05) is 13.1 Å². The van der Waals surface area contributed by atoms with Gasteiger partial charge >= 0.3 is 18.1 Å². The Labute approximate surface area is 189 Å². The first-order valence-electron chi connectivity index (χ1n) is 10.6. The minimum Gasteiger partial charge on any atom is -0.480 e. The number of alkyl halides is 3. The lowest BCUT2D eigenvalue weighted by atomic mass is 9.70. The second-order valence-electron chi connectivity index (χ2n) is 8.94. The number of carbonyl (C=O) groups is 3. The Morgan fingerprint density at radius 2 is 1.73 bits per heavy atom. The van der Waals surface area contributed by atoms with Crippen molar-refractivity contribution in [3.63, 3.8) is 0 Å². The quantitative estimate of drug-likeness (QED) is 0.661. The normalized spacial score (nSPS) is 25.4. The summed E-state index contributed by atoms with van der Waals surface area (Å²) < 4.78 is 39.9. The van der Waals surface area contributed by atoms with Crippen LogP contribution in [0.2, 0.25) is 0 Å². The van der Waals surface area contributed by atoms with E-state index in [0.717, 1.165) is 6.07 Å². The Bertz CT molecular complexity index is 1020. The summed E-state index contributed by atoms with van der Waals surface area (Å²) in [5, 5.41) is 19.5. The molecule has 0 radical (unpaired) electrons. The summed E-state index contributed by atoms with van der Waals surface area (Å²) in [6.07, 6.45) is -0.152. The number of carbonyl (C=O) groups excluding carboxylic acids is 1. The van der Waals surface area contributed by atoms with Gasteiger partial charge in [-0.2, -0.15) is 13.2 Å². The molecule has 1 aromatic rings. The highest BCUT2D eigenvalue weighted by molar-refractivity contribution is 5.93. The molecule has 6 nitrogen and oxygen atoms in total. The Balaban J connectivity index is 1.79. The number of allylic oxidation sites excluding steroid dienone is 2. The van der Waals surface area contributed by atoms with E-state index in [9.17, 15) is 37.8 Å². The van der Waals surface area contributed by atoms with Crippen molar-refractivity contribution in [3.8, 4) is 0 Å². The number of carboxylic acid groups (broad SMARTS) is 2. The average Bonchev–Trinajstić information content (AvgIpc) is 2.74. The predicted octanol–water partition coefficient (Wildman–Crippen LogP) is 3.96. The van der Waals surface area contributed by atoms with Crippen molar-refractivity contribution in [2.24, 2.45) is 11.3 Å². The first kappa shape index (κ1) is 24.7. The van der Waals surface area contributed by atoms with Crippen LogP contribution in [0, 0.1) is 11.3 Å². The highest BCUT2D eigenvalue weighted by Crippen LogP contribution is 2.42. The van der Waals surface area contributed by atoms with Gasteiger partial charge in [-0.15, -0.1) is 0 Å². The molecule has 1 aliphatic carbocycles. The van der Waals surface area contributed by atoms with Crippen LogP contribution in [0.25, 0.3) is 0 Å². The number of hydrogen-bond acceptors (Lipinski definition) is 4. The molecule has 1 fully saturated rings. The van der Waals surface area contributed by atoms with Crippen molar-refractivity contribution in [1.29, 1.82) is 0 Å². The van der Waals surface area contributed by atoms with Crippen LogP contribution in [0.15, 0.2) is 48.1 Å². The largest absolute Gasteiger partial charge is 0.480 e. The summed E-state index contributed by atoms with van der Waals surface area (Å²) in [5.41, 5.74) is -3.43. The van der Waals surface area contributed by atoms with E-state index in [1.165, 1.54) is 36.4 Å². The highest BCUT2D eigenvalue weighted by atomic mass is 19.4. The zero-order valence-electron chi connectivity index (χ0n) is 18.4. The van der Waals surface area contributed by atoms with Crippen LogP contribution in [0.4, 0.5) is 13.2 Å². The molecule has 9 heteroatoms. The molecule has 2 unspecified atom stereocenters. The van der Waals surface area contributed by atoms with Gasteiger partial charge < -0.3 is 10.2 Å². The van der Waals surface area contributed by atoms with E-state index in [-0.39, 0.29) is 49.3 Å². The van der Waals surface area contributed by atoms with Gasteiger partial charge in [-0.25, -0.2) is 9.59 Å². The van der Waals surface area contributed by atoms with E-state index < -0.39 is 40.6 Å². The molecule has 1 aromatic carbocycles.